The van der Waals surface area contributed by atoms with Crippen LogP contribution in [0.5, 0.6) is 0 Å². The summed E-state index contributed by atoms with van der Waals surface area (Å²) >= 11 is 0. The van der Waals surface area contributed by atoms with Crippen LogP contribution in [0.2, 0.25) is 0 Å². The summed E-state index contributed by atoms with van der Waals surface area (Å²) in [7, 11) is 1.86. The predicted molar refractivity (Wildman–Crippen MR) is 66.8 cm³/mol. The fraction of sp³-hybridized carbons (Fsp3) is 0.250. The summed E-state index contributed by atoms with van der Waals surface area (Å²) in [5, 5.41) is 10.5. The highest BCUT2D eigenvalue weighted by molar-refractivity contribution is 5.75. The van der Waals surface area contributed by atoms with Gasteiger partial charge in [0.1, 0.15) is 12.8 Å². The van der Waals surface area contributed by atoms with Gasteiger partial charge in [0.15, 0.2) is 6.20 Å². The van der Waals surface area contributed by atoms with Crippen molar-refractivity contribution in [2.75, 3.05) is 13.7 Å². The standard InChI is InChI=1S/C12H13N3O3.ClH/c1-14-8-7-13-12(14)18-9-6-10-2-4-11(5-3-10)15(16)17;/h2-5,7-8H,6,9H2,1H3;1H/q+1;/p-1. The zero-order valence-electron chi connectivity index (χ0n) is 10.3. The van der Waals surface area contributed by atoms with Crippen molar-refractivity contribution in [1.29, 1.82) is 0 Å². The average Bonchev–Trinajstić information content (AvgIpc) is 2.76. The number of non-ortho nitro benzene ring substituents is 1. The van der Waals surface area contributed by atoms with Crippen molar-refractivity contribution in [2.45, 2.75) is 6.42 Å². The largest absolute Gasteiger partial charge is 1.00 e. The van der Waals surface area contributed by atoms with E-state index < -0.39 is 4.92 Å². The molecule has 0 fully saturated rings. The summed E-state index contributed by atoms with van der Waals surface area (Å²) < 4.78 is 5.48. The summed E-state index contributed by atoms with van der Waals surface area (Å²) in [6.07, 6.45) is 4.16. The number of hydrogen-bond donors (Lipinski definition) is 0. The van der Waals surface area contributed by atoms with Crippen LogP contribution in [0.25, 0.3) is 0 Å². The predicted octanol–water partition coefficient (Wildman–Crippen LogP) is -1.73. The normalized spacial score (nSPS) is 12.9. The van der Waals surface area contributed by atoms with E-state index in [1.54, 1.807) is 29.4 Å². The van der Waals surface area contributed by atoms with Crippen LogP contribution in [-0.2, 0) is 11.2 Å². The number of nitrogens with zero attached hydrogens (tertiary/aromatic N) is 3. The van der Waals surface area contributed by atoms with Crippen molar-refractivity contribution in [3.05, 3.63) is 52.3 Å². The fourth-order valence-corrected chi connectivity index (χ4v) is 1.54. The Hall–Kier alpha value is -2.08. The minimum atomic E-state index is -0.409. The van der Waals surface area contributed by atoms with Crippen molar-refractivity contribution < 1.29 is 22.1 Å². The Bertz CT molecular complexity index is 499. The Labute approximate surface area is 117 Å². The van der Waals surface area contributed by atoms with Gasteiger partial charge in [0.05, 0.1) is 12.0 Å². The fourth-order valence-electron chi connectivity index (χ4n) is 1.54. The zero-order chi connectivity index (χ0) is 13.0. The number of hydrogen-bond acceptors (Lipinski definition) is 5. The van der Waals surface area contributed by atoms with Crippen LogP contribution in [-0.4, -0.2) is 29.5 Å². The molecule has 0 saturated carbocycles. The van der Waals surface area contributed by atoms with E-state index in [4.69, 9.17) is 4.74 Å². The first-order valence-electron chi connectivity index (χ1n) is 5.50. The molecular formula is C12H13ClN3O3. The van der Waals surface area contributed by atoms with Crippen molar-refractivity contribution in [2.24, 2.45) is 0 Å². The smallest absolute Gasteiger partial charge is 0.498 e. The number of ether oxygens (including phenoxy) is 1. The molecule has 1 heterocycles. The van der Waals surface area contributed by atoms with Gasteiger partial charge in [-0.3, -0.25) is 10.1 Å². The van der Waals surface area contributed by atoms with Gasteiger partial charge in [-0.15, -0.1) is 0 Å². The molecule has 1 aliphatic heterocycles. The SMILES string of the molecule is CN1C=C[N+]=C1OCCc1ccc([N+](=O)[O-])cc1.[Cl-]. The molecule has 0 atom stereocenters. The molecule has 6 nitrogen and oxygen atoms in total. The summed E-state index contributed by atoms with van der Waals surface area (Å²) in [6, 6.07) is 7.03. The van der Waals surface area contributed by atoms with Crippen molar-refractivity contribution in [3.8, 4) is 0 Å². The van der Waals surface area contributed by atoms with Gasteiger partial charge in [-0.25, -0.2) is 0 Å². The Morgan fingerprint density at radius 1 is 1.37 bits per heavy atom. The Kier molecular flexibility index (Phi) is 5.32. The van der Waals surface area contributed by atoms with Crippen LogP contribution in [0.1, 0.15) is 5.56 Å². The van der Waals surface area contributed by atoms with Crippen LogP contribution < -0.4 is 17.4 Å². The number of amidine groups is 1. The minimum Gasteiger partial charge on any atom is -1.00 e. The molecule has 0 unspecified atom stereocenters. The lowest BCUT2D eigenvalue weighted by atomic mass is 10.1. The second kappa shape index (κ2) is 6.75. The second-order valence-corrected chi connectivity index (χ2v) is 3.84. The van der Waals surface area contributed by atoms with E-state index in [9.17, 15) is 10.1 Å². The highest BCUT2D eigenvalue weighted by Gasteiger charge is 2.20. The first-order valence-corrected chi connectivity index (χ1v) is 5.50. The number of nitro benzene ring substituents is 1. The molecule has 1 aromatic rings. The topological polar surface area (TPSA) is 69.7 Å². The molecule has 1 aromatic carbocycles. The summed E-state index contributed by atoms with van der Waals surface area (Å²) in [4.78, 5) is 15.9. The third kappa shape index (κ3) is 3.96. The van der Waals surface area contributed by atoms with Gasteiger partial charge in [-0.1, -0.05) is 12.1 Å². The molecule has 2 rings (SSSR count). The molecule has 0 amide bonds. The van der Waals surface area contributed by atoms with E-state index in [2.05, 4.69) is 4.99 Å². The Morgan fingerprint density at radius 3 is 2.58 bits per heavy atom. The second-order valence-electron chi connectivity index (χ2n) is 3.84. The summed E-state index contributed by atoms with van der Waals surface area (Å²) in [5.41, 5.74) is 1.10. The van der Waals surface area contributed by atoms with E-state index >= 15 is 0 Å². The van der Waals surface area contributed by atoms with Gasteiger partial charge < -0.3 is 17.1 Å². The lowest BCUT2D eigenvalue weighted by molar-refractivity contribution is -0.384. The van der Waals surface area contributed by atoms with Crippen LogP contribution in [0, 0.1) is 10.1 Å². The number of aliphatic imine (C=N–C) groups is 1. The molecule has 0 bridgehead atoms. The molecule has 0 spiro atoms. The molecular weight excluding hydrogens is 270 g/mol. The highest BCUT2D eigenvalue weighted by atomic mass is 35.5. The Balaban J connectivity index is 0.00000180. The number of benzene rings is 1. The summed E-state index contributed by atoms with van der Waals surface area (Å²) in [5.74, 6) is 0. The average molecular weight is 283 g/mol. The van der Waals surface area contributed by atoms with E-state index in [1.165, 1.54) is 12.1 Å². The zero-order valence-corrected chi connectivity index (χ0v) is 11.1. The molecule has 19 heavy (non-hydrogen) atoms. The number of halogens is 1. The maximum absolute atomic E-state index is 10.5. The van der Waals surface area contributed by atoms with E-state index in [1.807, 2.05) is 7.05 Å². The first-order chi connectivity index (χ1) is 8.66. The quantitative estimate of drug-likeness (QED) is 0.486. The van der Waals surface area contributed by atoms with Gasteiger partial charge in [0.25, 0.3) is 5.69 Å². The lowest BCUT2D eigenvalue weighted by Gasteiger charge is -2.05. The monoisotopic (exact) mass is 282 g/mol. The molecule has 1 radical (unpaired) electrons. The van der Waals surface area contributed by atoms with E-state index in [0.29, 0.717) is 19.0 Å². The molecule has 1 aliphatic rings. The van der Waals surface area contributed by atoms with Crippen LogP contribution in [0.4, 0.5) is 5.69 Å². The molecule has 101 valence electrons. The van der Waals surface area contributed by atoms with E-state index in [-0.39, 0.29) is 18.1 Å². The van der Waals surface area contributed by atoms with Crippen LogP contribution in [0.15, 0.2) is 36.7 Å². The Morgan fingerprint density at radius 2 is 2.05 bits per heavy atom. The van der Waals surface area contributed by atoms with Crippen molar-refractivity contribution >= 4 is 11.7 Å². The maximum atomic E-state index is 10.5. The van der Waals surface area contributed by atoms with Crippen LogP contribution in [0.3, 0.4) is 0 Å². The highest BCUT2D eigenvalue weighted by Crippen LogP contribution is 2.12. The van der Waals surface area contributed by atoms with Crippen LogP contribution >= 0.6 is 0 Å². The van der Waals surface area contributed by atoms with Gasteiger partial charge in [0.2, 0.25) is 0 Å². The minimum absolute atomic E-state index is 0. The van der Waals surface area contributed by atoms with Crippen molar-refractivity contribution in [1.82, 2.24) is 9.89 Å². The molecule has 0 saturated heterocycles. The van der Waals surface area contributed by atoms with E-state index in [0.717, 1.165) is 5.56 Å². The third-order valence-corrected chi connectivity index (χ3v) is 2.55. The van der Waals surface area contributed by atoms with Crippen molar-refractivity contribution in [3.63, 3.8) is 0 Å². The van der Waals surface area contributed by atoms with Gasteiger partial charge >= 0.3 is 6.02 Å². The van der Waals surface area contributed by atoms with Gasteiger partial charge in [-0.2, -0.15) is 4.90 Å². The lowest BCUT2D eigenvalue weighted by Crippen LogP contribution is -3.00. The summed E-state index contributed by atoms with van der Waals surface area (Å²) in [6.45, 7) is 0.489. The number of rotatable bonds is 4. The molecule has 0 aromatic heterocycles. The third-order valence-electron chi connectivity index (χ3n) is 2.55. The molecule has 0 aliphatic carbocycles. The van der Waals surface area contributed by atoms with Gasteiger partial charge in [-0.05, 0) is 10.6 Å². The number of nitro groups is 1. The maximum Gasteiger partial charge on any atom is 0.498 e. The molecule has 7 heteroatoms. The van der Waals surface area contributed by atoms with Gasteiger partial charge in [0, 0.05) is 18.6 Å². The molecule has 0 N–H and O–H groups in total. The first kappa shape index (κ1) is 15.0.